The SMILES string of the molecule is CC(=O)N[C@@H]1[C@@H](O)C[C@](OCCCSCCNC(=O)c2ccc(C(=O)NCCSCCCO[C@]3(C(=O)O)C[C@H](O)[C@@H](NC(C)=O)[C@H](C(O)[C@H](O)CNS(=O)(=O)c4ccc(-c5ccccc5)cc4)O3)cc2)(C(=O)O)O[C@H]1C(O)[C@H](O)CNS(=O)(=O)c1ccc(-c2ccccc2)cc1.[Na+]. The van der Waals surface area contributed by atoms with Gasteiger partial charge in [-0.15, -0.1) is 0 Å². The monoisotopic (exact) mass is 1440 g/mol. The maximum Gasteiger partial charge on any atom is 1.00 e. The van der Waals surface area contributed by atoms with Crippen molar-refractivity contribution in [1.29, 1.82) is 0 Å². The number of hydrogen-bond donors (Lipinski definition) is 14. The van der Waals surface area contributed by atoms with E-state index in [1.165, 1.54) is 72.1 Å². The number of benzene rings is 5. The molecule has 0 aromatic heterocycles. The van der Waals surface area contributed by atoms with E-state index in [9.17, 15) is 86.5 Å². The molecule has 2 aliphatic heterocycles. The molecule has 522 valence electrons. The third-order valence-corrected chi connectivity index (χ3v) is 20.5. The third kappa shape index (κ3) is 22.5. The van der Waals surface area contributed by atoms with Crippen LogP contribution in [0.15, 0.2) is 143 Å². The quantitative estimate of drug-likeness (QED) is 0.0153. The minimum Gasteiger partial charge on any atom is -0.477 e. The van der Waals surface area contributed by atoms with Gasteiger partial charge in [-0.3, -0.25) is 19.2 Å². The van der Waals surface area contributed by atoms with Gasteiger partial charge in [-0.2, -0.15) is 23.5 Å². The number of sulfonamides is 2. The van der Waals surface area contributed by atoms with Crippen molar-refractivity contribution in [2.75, 3.05) is 62.4 Å². The maximum atomic E-state index is 13.2. The molecule has 2 saturated heterocycles. The summed E-state index contributed by atoms with van der Waals surface area (Å²) in [6.45, 7) is 0.677. The predicted molar refractivity (Wildman–Crippen MR) is 352 cm³/mol. The van der Waals surface area contributed by atoms with E-state index in [0.717, 1.165) is 36.1 Å². The van der Waals surface area contributed by atoms with Crippen molar-refractivity contribution in [3.8, 4) is 22.3 Å². The Hall–Kier alpha value is -5.96. The molecule has 0 radical (unpaired) electrons. The number of rotatable bonds is 36. The van der Waals surface area contributed by atoms with Crippen LogP contribution in [0.3, 0.4) is 0 Å². The Morgan fingerprint density at radius 3 is 1.16 bits per heavy atom. The van der Waals surface area contributed by atoms with Gasteiger partial charge in [0.2, 0.25) is 31.9 Å². The molecule has 33 heteroatoms. The summed E-state index contributed by atoms with van der Waals surface area (Å²) in [5.74, 6) is -8.99. The summed E-state index contributed by atoms with van der Waals surface area (Å²) < 4.78 is 80.1. The molecule has 5 aromatic carbocycles. The molecule has 0 saturated carbocycles. The molecule has 12 atom stereocenters. The van der Waals surface area contributed by atoms with Crippen LogP contribution in [-0.2, 0) is 58.2 Å². The minimum absolute atomic E-state index is 0. The van der Waals surface area contributed by atoms with E-state index in [1.54, 1.807) is 24.3 Å². The van der Waals surface area contributed by atoms with Crippen molar-refractivity contribution in [2.24, 2.45) is 0 Å². The molecule has 0 spiro atoms. The summed E-state index contributed by atoms with van der Waals surface area (Å²) >= 11 is 2.79. The average molecular weight is 1440 g/mol. The van der Waals surface area contributed by atoms with Crippen LogP contribution >= 0.6 is 23.5 Å². The van der Waals surface area contributed by atoms with Crippen molar-refractivity contribution in [3.63, 3.8) is 0 Å². The van der Waals surface area contributed by atoms with Gasteiger partial charge in [0.15, 0.2) is 0 Å². The van der Waals surface area contributed by atoms with Crippen molar-refractivity contribution in [1.82, 2.24) is 30.7 Å². The van der Waals surface area contributed by atoms with Gasteiger partial charge in [-0.1, -0.05) is 84.9 Å². The predicted octanol–water partition coefficient (Wildman–Crippen LogP) is -1.96. The van der Waals surface area contributed by atoms with Crippen molar-refractivity contribution < 1.29 is 135 Å². The summed E-state index contributed by atoms with van der Waals surface area (Å²) in [5, 5.41) is 98.0. The fourth-order valence-corrected chi connectivity index (χ4v) is 14.1. The Morgan fingerprint density at radius 1 is 0.515 bits per heavy atom. The van der Waals surface area contributed by atoms with Crippen molar-refractivity contribution in [2.45, 2.75) is 122 Å². The number of aliphatic carboxylic acids is 2. The van der Waals surface area contributed by atoms with Crippen LogP contribution < -0.4 is 60.3 Å². The Morgan fingerprint density at radius 2 is 0.845 bits per heavy atom. The molecule has 2 heterocycles. The second-order valence-electron chi connectivity index (χ2n) is 22.6. The Kier molecular flexibility index (Phi) is 30.9. The Bertz CT molecular complexity index is 3400. The number of thioether (sulfide) groups is 2. The third-order valence-electron chi connectivity index (χ3n) is 15.5. The average Bonchev–Trinajstić information content (AvgIpc) is 0.775. The molecule has 0 aliphatic carbocycles. The number of ether oxygens (including phenoxy) is 4. The molecule has 7 rings (SSSR count). The van der Waals surface area contributed by atoms with E-state index in [4.69, 9.17) is 18.9 Å². The van der Waals surface area contributed by atoms with Gasteiger partial charge in [0.05, 0.1) is 59.5 Å². The molecule has 5 aromatic rings. The molecule has 2 unspecified atom stereocenters. The van der Waals surface area contributed by atoms with Gasteiger partial charge in [0, 0.05) is 75.5 Å². The van der Waals surface area contributed by atoms with Crippen LogP contribution in [0.4, 0.5) is 0 Å². The number of carbonyl (C=O) groups is 6. The van der Waals surface area contributed by atoms with Crippen molar-refractivity contribution >= 4 is 79.1 Å². The van der Waals surface area contributed by atoms with Crippen LogP contribution in [0.1, 0.15) is 60.2 Å². The van der Waals surface area contributed by atoms with Crippen LogP contribution in [-0.4, -0.2) is 228 Å². The summed E-state index contributed by atoms with van der Waals surface area (Å²) in [5.41, 5.74) is 3.76. The zero-order valence-electron chi connectivity index (χ0n) is 53.3. The normalized spacial score (nSPS) is 22.3. The van der Waals surface area contributed by atoms with Gasteiger partial charge in [-0.05, 0) is 95.1 Å². The van der Waals surface area contributed by atoms with E-state index in [-0.39, 0.29) is 89.6 Å². The van der Waals surface area contributed by atoms with Gasteiger partial charge in [-0.25, -0.2) is 35.9 Å². The molecule has 0 bridgehead atoms. The first-order valence-corrected chi connectivity index (χ1v) is 35.8. The van der Waals surface area contributed by atoms with E-state index in [1.807, 2.05) is 60.7 Å². The second kappa shape index (κ2) is 37.5. The van der Waals surface area contributed by atoms with Crippen LogP contribution in [0, 0.1) is 0 Å². The molecular formula is C64H80N6NaO22S4+. The summed E-state index contributed by atoms with van der Waals surface area (Å²) in [7, 11) is -8.47. The zero-order chi connectivity index (χ0) is 69.8. The molecule has 97 heavy (non-hydrogen) atoms. The van der Waals surface area contributed by atoms with Gasteiger partial charge in [0.25, 0.3) is 23.4 Å². The van der Waals surface area contributed by atoms with Crippen LogP contribution in [0.25, 0.3) is 22.3 Å². The topological polar surface area (TPSA) is 442 Å². The largest absolute Gasteiger partial charge is 1.00 e. The summed E-state index contributed by atoms with van der Waals surface area (Å²) in [4.78, 5) is 75.3. The molecule has 2 fully saturated rings. The van der Waals surface area contributed by atoms with Crippen LogP contribution in [0.5, 0.6) is 0 Å². The number of carbonyl (C=O) groups excluding carboxylic acids is 4. The number of hydrogen-bond acceptors (Lipinski definition) is 22. The van der Waals surface area contributed by atoms with Gasteiger partial charge >= 0.3 is 41.5 Å². The number of amides is 4. The number of carboxylic acids is 2. The molecule has 28 nitrogen and oxygen atoms in total. The number of aliphatic hydroxyl groups excluding tert-OH is 6. The minimum atomic E-state index is -4.24. The van der Waals surface area contributed by atoms with E-state index in [2.05, 4.69) is 30.7 Å². The number of nitrogens with one attached hydrogen (secondary N) is 6. The zero-order valence-corrected chi connectivity index (χ0v) is 58.6. The molecule has 4 amide bonds. The maximum absolute atomic E-state index is 13.2. The first-order chi connectivity index (χ1) is 45.7. The van der Waals surface area contributed by atoms with E-state index < -0.39 is 154 Å². The molecule has 14 N–H and O–H groups in total. The summed E-state index contributed by atoms with van der Waals surface area (Å²) in [6.07, 6.45) is -15.8. The number of aliphatic hydroxyl groups is 6. The standard InChI is InChI=1S/C64H80N6O22S4.Na/c1-39(71)69-53-49(73)35-63(61(81)82,91-57(53)55(77)51(75)37-67-95(85,86)47-23-19-43(20-24-47)41-11-5-3-6-12-41)89-29-9-31-93-33-27-65-59(79)45-15-17-46(18-16-45)60(80)66-28-34-94-32-10-30-90-64(62(83)84)36-50(74)54(70-40(2)72)58(92-64)56(78)52(76)38-68-96(87,88)48-25-21-44(22-26-48)42-13-7-4-8-14-42;/h3-8,11-26,49-58,67-68,73-78H,9-10,27-38H2,1-2H3,(H,65,79)(H,66,80)(H,69,71)(H,70,72)(H,81,82)(H,83,84);/q;+1/t49-,50-,51+,52+,53+,54+,55?,56?,57+,58+,63+,64+;/m0./s1. The number of carboxylic acid groups (broad SMARTS) is 2. The fraction of sp³-hybridized carbons (Fsp3) is 0.438. The van der Waals surface area contributed by atoms with Gasteiger partial charge in [0.1, 0.15) is 24.4 Å². The van der Waals surface area contributed by atoms with Crippen LogP contribution in [0.2, 0.25) is 0 Å². The van der Waals surface area contributed by atoms with E-state index in [0.29, 0.717) is 23.0 Å². The van der Waals surface area contributed by atoms with E-state index >= 15 is 0 Å². The van der Waals surface area contributed by atoms with Gasteiger partial charge < -0.3 is 81.1 Å². The summed E-state index contributed by atoms with van der Waals surface area (Å²) in [6, 6.07) is 33.3. The molecule has 2 aliphatic rings. The first-order valence-electron chi connectivity index (χ1n) is 30.5. The Labute approximate surface area is 591 Å². The molecular weight excluding hydrogens is 1360 g/mol. The fourth-order valence-electron chi connectivity index (χ4n) is 10.5. The Balaban J connectivity index is 0.0000149. The second-order valence-corrected chi connectivity index (χ2v) is 28.6. The van der Waals surface area contributed by atoms with Crippen molar-refractivity contribution in [3.05, 3.63) is 145 Å². The first kappa shape index (κ1) is 80.0. The smallest absolute Gasteiger partial charge is 0.477 e.